The molecule has 2 unspecified atom stereocenters. The summed E-state index contributed by atoms with van der Waals surface area (Å²) in [5.41, 5.74) is 4.19. The van der Waals surface area contributed by atoms with Gasteiger partial charge in [0.15, 0.2) is 42.7 Å². The molecule has 3 aromatic carbocycles. The number of esters is 2. The molecule has 0 radical (unpaired) electrons. The minimum Gasteiger partial charge on any atom is -0.467 e. The summed E-state index contributed by atoms with van der Waals surface area (Å²) in [6, 6.07) is 11.0. The number of para-hydroxylation sites is 2. The van der Waals surface area contributed by atoms with Gasteiger partial charge < -0.3 is 52.5 Å². The Hall–Kier alpha value is -4.84. The van der Waals surface area contributed by atoms with E-state index in [0.29, 0.717) is 52.2 Å². The Morgan fingerprint density at radius 3 is 1.73 bits per heavy atom. The Balaban J connectivity index is 0.000000184. The molecule has 0 aliphatic carbocycles. The molecule has 0 spiro atoms. The van der Waals surface area contributed by atoms with Gasteiger partial charge in [-0.15, -0.1) is 0 Å². The molecule has 4 aromatic rings. The predicted octanol–water partition coefficient (Wildman–Crippen LogP) is 4.97. The zero-order valence-electron chi connectivity index (χ0n) is 29.0. The highest BCUT2D eigenvalue weighted by Gasteiger charge is 2.32. The predicted molar refractivity (Wildman–Crippen MR) is 183 cm³/mol. The Labute approximate surface area is 302 Å². The maximum absolute atomic E-state index is 11.9. The molecule has 0 fully saturated rings. The molecule has 16 nitrogen and oxygen atoms in total. The highest BCUT2D eigenvalue weighted by molar-refractivity contribution is 9.09. The summed E-state index contributed by atoms with van der Waals surface area (Å²) in [5, 5.41) is 20.4. The van der Waals surface area contributed by atoms with E-state index in [1.165, 1.54) is 20.3 Å². The average molecular weight is 779 g/mol. The van der Waals surface area contributed by atoms with Crippen molar-refractivity contribution >= 4 is 38.9 Å². The summed E-state index contributed by atoms with van der Waals surface area (Å²) in [7, 11) is 3.03. The number of hydrogen-bond donors (Lipinski definition) is 2. The SMILES string of the molecule is CCOC(=O)C(Br)c1cc(OCOC)c(C)c2c1OCO2.CCOC(=O)C(O)c1cc(OCOC)c(C)c2c1OCO2.c1ccc2n[nH]nc2c1. The number of alkyl halides is 1. The van der Waals surface area contributed by atoms with Crippen LogP contribution in [-0.2, 0) is 28.5 Å². The second-order valence-corrected chi connectivity index (χ2v) is 11.4. The number of carbonyl (C=O) groups is 2. The van der Waals surface area contributed by atoms with Gasteiger partial charge in [0, 0.05) is 36.5 Å². The summed E-state index contributed by atoms with van der Waals surface area (Å²) in [6.45, 7) is 7.82. The highest BCUT2D eigenvalue weighted by Crippen LogP contribution is 2.48. The fourth-order valence-electron chi connectivity index (χ4n) is 4.81. The first-order chi connectivity index (χ1) is 24.7. The number of H-pyrrole nitrogens is 1. The van der Waals surface area contributed by atoms with Crippen molar-refractivity contribution in [3.63, 3.8) is 0 Å². The number of halogens is 1. The van der Waals surface area contributed by atoms with E-state index in [9.17, 15) is 14.7 Å². The van der Waals surface area contributed by atoms with Crippen LogP contribution < -0.4 is 28.4 Å². The molecule has 276 valence electrons. The number of methoxy groups -OCH3 is 2. The molecule has 51 heavy (non-hydrogen) atoms. The number of aromatic amines is 1. The standard InChI is InChI=1S/C14H17BrO6.C14H18O7.C6H5N3/c2*1-4-18-14(16)11(15)9-5-10(19-6-17-3)8(2)12-13(9)21-7-20-12;1-2-4-6-5(3-1)7-9-8-6/h5,11H,4,6-7H2,1-3H3;5,11,15H,4,6-7H2,1-3H3;1-4H,(H,7,8,9). The van der Waals surface area contributed by atoms with Crippen LogP contribution in [0.2, 0.25) is 0 Å². The third-order valence-corrected chi connectivity index (χ3v) is 8.07. The molecule has 2 atom stereocenters. The minimum absolute atomic E-state index is 0.0203. The Bertz CT molecular complexity index is 1660. The number of ether oxygens (including phenoxy) is 10. The summed E-state index contributed by atoms with van der Waals surface area (Å²) >= 11 is 3.34. The first-order valence-corrected chi connectivity index (χ1v) is 16.6. The number of aromatic nitrogens is 3. The van der Waals surface area contributed by atoms with Crippen LogP contribution in [0.15, 0.2) is 36.4 Å². The van der Waals surface area contributed by atoms with Crippen LogP contribution in [-0.4, -0.2) is 87.1 Å². The van der Waals surface area contributed by atoms with Gasteiger partial charge in [-0.2, -0.15) is 15.4 Å². The smallest absolute Gasteiger partial charge is 0.339 e. The molecule has 3 heterocycles. The number of benzene rings is 3. The zero-order chi connectivity index (χ0) is 36.9. The average Bonchev–Trinajstić information content (AvgIpc) is 3.93. The van der Waals surface area contributed by atoms with Gasteiger partial charge in [0.1, 0.15) is 27.4 Å². The number of fused-ring (bicyclic) bond motifs is 3. The van der Waals surface area contributed by atoms with Crippen LogP contribution in [0.5, 0.6) is 34.5 Å². The molecular weight excluding hydrogens is 738 g/mol. The van der Waals surface area contributed by atoms with E-state index in [-0.39, 0.29) is 39.3 Å². The van der Waals surface area contributed by atoms with E-state index in [4.69, 9.17) is 47.4 Å². The van der Waals surface area contributed by atoms with Crippen molar-refractivity contribution < 1.29 is 62.1 Å². The molecule has 17 heteroatoms. The van der Waals surface area contributed by atoms with Gasteiger partial charge in [-0.3, -0.25) is 4.79 Å². The van der Waals surface area contributed by atoms with E-state index in [0.717, 1.165) is 16.6 Å². The number of hydrogen-bond acceptors (Lipinski definition) is 15. The van der Waals surface area contributed by atoms with Crippen LogP contribution in [0, 0.1) is 13.8 Å². The second-order valence-electron chi connectivity index (χ2n) is 10.5. The molecule has 0 amide bonds. The van der Waals surface area contributed by atoms with Crippen molar-refractivity contribution in [2.24, 2.45) is 0 Å². The minimum atomic E-state index is -1.47. The van der Waals surface area contributed by atoms with E-state index < -0.39 is 22.9 Å². The topological polar surface area (TPSA) is 188 Å². The number of rotatable bonds is 12. The zero-order valence-corrected chi connectivity index (χ0v) is 30.6. The van der Waals surface area contributed by atoms with E-state index in [2.05, 4.69) is 31.3 Å². The third kappa shape index (κ3) is 9.49. The number of aliphatic hydroxyl groups is 1. The van der Waals surface area contributed by atoms with Gasteiger partial charge in [-0.1, -0.05) is 28.1 Å². The summed E-state index contributed by atoms with van der Waals surface area (Å²) in [6.07, 6.45) is -1.47. The van der Waals surface area contributed by atoms with Crippen molar-refractivity contribution in [3.8, 4) is 34.5 Å². The lowest BCUT2D eigenvalue weighted by molar-refractivity contribution is -0.153. The highest BCUT2D eigenvalue weighted by atomic mass is 79.9. The maximum Gasteiger partial charge on any atom is 0.339 e. The second kappa shape index (κ2) is 19.0. The molecule has 0 bridgehead atoms. The normalized spacial score (nSPS) is 13.3. The first kappa shape index (κ1) is 39.0. The molecule has 1 aromatic heterocycles. The van der Waals surface area contributed by atoms with Crippen molar-refractivity contribution in [2.75, 3.05) is 54.6 Å². The van der Waals surface area contributed by atoms with Gasteiger partial charge in [0.05, 0.1) is 13.2 Å². The largest absolute Gasteiger partial charge is 0.467 e. The van der Waals surface area contributed by atoms with Crippen LogP contribution in [0.4, 0.5) is 0 Å². The van der Waals surface area contributed by atoms with Gasteiger partial charge >= 0.3 is 11.9 Å². The fourth-order valence-corrected chi connectivity index (χ4v) is 5.28. The number of nitrogens with one attached hydrogen (secondary N) is 1. The summed E-state index contributed by atoms with van der Waals surface area (Å²) in [4.78, 5) is 23.0. The lowest BCUT2D eigenvalue weighted by Gasteiger charge is -2.16. The van der Waals surface area contributed by atoms with E-state index in [1.807, 2.05) is 31.2 Å². The summed E-state index contributed by atoms with van der Waals surface area (Å²) in [5.74, 6) is 1.76. The van der Waals surface area contributed by atoms with Crippen LogP contribution in [0.25, 0.3) is 11.0 Å². The van der Waals surface area contributed by atoms with Crippen molar-refractivity contribution in [3.05, 3.63) is 58.7 Å². The van der Waals surface area contributed by atoms with Crippen molar-refractivity contribution in [1.82, 2.24) is 15.4 Å². The lowest BCUT2D eigenvalue weighted by atomic mass is 10.0. The van der Waals surface area contributed by atoms with Gasteiger partial charge in [0.25, 0.3) is 0 Å². The Morgan fingerprint density at radius 1 is 0.784 bits per heavy atom. The molecule has 6 rings (SSSR count). The summed E-state index contributed by atoms with van der Waals surface area (Å²) < 4.78 is 52.2. The fraction of sp³-hybridized carbons (Fsp3) is 0.412. The monoisotopic (exact) mass is 777 g/mol. The van der Waals surface area contributed by atoms with Crippen LogP contribution >= 0.6 is 15.9 Å². The van der Waals surface area contributed by atoms with Gasteiger partial charge in [0.2, 0.25) is 13.6 Å². The van der Waals surface area contributed by atoms with E-state index in [1.54, 1.807) is 26.8 Å². The van der Waals surface area contributed by atoms with Gasteiger partial charge in [-0.25, -0.2) is 4.79 Å². The first-order valence-electron chi connectivity index (χ1n) is 15.7. The molecule has 2 aliphatic rings. The molecule has 2 N–H and O–H groups in total. The quantitative estimate of drug-likeness (QED) is 0.111. The van der Waals surface area contributed by atoms with Crippen LogP contribution in [0.1, 0.15) is 47.0 Å². The van der Waals surface area contributed by atoms with Crippen molar-refractivity contribution in [1.29, 1.82) is 0 Å². The molecule has 2 aliphatic heterocycles. The number of nitrogens with zero attached hydrogens (tertiary/aromatic N) is 2. The van der Waals surface area contributed by atoms with Gasteiger partial charge in [-0.05, 0) is 52.0 Å². The molecular formula is C34H40BrN3O13. The maximum atomic E-state index is 11.9. The van der Waals surface area contributed by atoms with Crippen LogP contribution in [0.3, 0.4) is 0 Å². The Morgan fingerprint density at radius 2 is 1.24 bits per heavy atom. The number of carbonyl (C=O) groups excluding carboxylic acids is 2. The van der Waals surface area contributed by atoms with Crippen molar-refractivity contribution in [2.45, 2.75) is 38.6 Å². The molecule has 0 saturated heterocycles. The van der Waals surface area contributed by atoms with E-state index >= 15 is 0 Å². The lowest BCUT2D eigenvalue weighted by Crippen LogP contribution is -2.16. The third-order valence-electron chi connectivity index (χ3n) is 7.20. The Kier molecular flexibility index (Phi) is 14.5. The number of aliphatic hydroxyl groups excluding tert-OH is 1. The molecule has 0 saturated carbocycles.